The van der Waals surface area contributed by atoms with Crippen LogP contribution >= 0.6 is 0 Å². The molecule has 0 nitrogen and oxygen atoms in total. The van der Waals surface area contributed by atoms with Gasteiger partial charge in [0.2, 0.25) is 0 Å². The molecule has 20 heavy (non-hydrogen) atoms. The van der Waals surface area contributed by atoms with Crippen LogP contribution in [0, 0.1) is 0 Å². The minimum atomic E-state index is 1.24. The van der Waals surface area contributed by atoms with Gasteiger partial charge in [0.1, 0.15) is 0 Å². The van der Waals surface area contributed by atoms with Crippen molar-refractivity contribution in [2.45, 2.75) is 51.4 Å². The molecule has 2 aromatic carbocycles. The summed E-state index contributed by atoms with van der Waals surface area (Å²) in [6.07, 6.45) is 10.1. The van der Waals surface area contributed by atoms with Gasteiger partial charge in [-0.05, 0) is 95.9 Å². The predicted octanol–water partition coefficient (Wildman–Crippen LogP) is 3.77. The second-order valence-corrected chi connectivity index (χ2v) is 6.68. The van der Waals surface area contributed by atoms with Gasteiger partial charge in [0.25, 0.3) is 0 Å². The lowest BCUT2D eigenvalue weighted by Crippen LogP contribution is -2.20. The van der Waals surface area contributed by atoms with Gasteiger partial charge in [-0.15, -0.1) is 0 Å². The van der Waals surface area contributed by atoms with E-state index in [1.807, 2.05) is 0 Å². The minimum absolute atomic E-state index is 1.24. The van der Waals surface area contributed by atoms with E-state index in [1.165, 1.54) is 51.4 Å². The Morgan fingerprint density at radius 2 is 0.600 bits per heavy atom. The average Bonchev–Trinajstić information content (AvgIpc) is 2.38. The highest BCUT2D eigenvalue weighted by atomic mass is 14.3. The maximum atomic E-state index is 2.44. The van der Waals surface area contributed by atoms with E-state index in [4.69, 9.17) is 0 Å². The fourth-order valence-corrected chi connectivity index (χ4v) is 4.80. The Hall–Kier alpha value is -1.56. The maximum Gasteiger partial charge on any atom is -0.0232 e. The van der Waals surface area contributed by atoms with Gasteiger partial charge in [0.05, 0.1) is 0 Å². The van der Waals surface area contributed by atoms with Gasteiger partial charge in [0, 0.05) is 0 Å². The zero-order valence-corrected chi connectivity index (χ0v) is 12.0. The Bertz CT molecular complexity index is 596. The fourth-order valence-electron chi connectivity index (χ4n) is 4.80. The summed E-state index contributed by atoms with van der Waals surface area (Å²) >= 11 is 0. The van der Waals surface area contributed by atoms with Crippen LogP contribution in [0.1, 0.15) is 44.5 Å². The highest BCUT2D eigenvalue weighted by Crippen LogP contribution is 2.36. The summed E-state index contributed by atoms with van der Waals surface area (Å²) in [6, 6.07) is 9.76. The molecule has 0 radical (unpaired) electrons. The lowest BCUT2D eigenvalue weighted by atomic mass is 9.75. The summed E-state index contributed by atoms with van der Waals surface area (Å²) in [7, 11) is 0. The molecular formula is C20H20. The van der Waals surface area contributed by atoms with Crippen molar-refractivity contribution >= 4 is 0 Å². The van der Waals surface area contributed by atoms with Crippen LogP contribution in [0.3, 0.4) is 0 Å². The molecule has 0 unspecified atom stereocenters. The van der Waals surface area contributed by atoms with E-state index in [9.17, 15) is 0 Å². The van der Waals surface area contributed by atoms with Crippen LogP contribution < -0.4 is 0 Å². The summed E-state index contributed by atoms with van der Waals surface area (Å²) in [5.74, 6) is 0. The molecule has 0 aromatic heterocycles. The molecule has 0 aliphatic heterocycles. The Morgan fingerprint density at radius 1 is 0.350 bits per heavy atom. The molecular weight excluding hydrogens is 240 g/mol. The lowest BCUT2D eigenvalue weighted by molar-refractivity contribution is 0.738. The third kappa shape index (κ3) is 1.43. The molecule has 0 fully saturated rings. The second-order valence-electron chi connectivity index (χ2n) is 6.68. The number of hydrogen-bond acceptors (Lipinski definition) is 0. The van der Waals surface area contributed by atoms with E-state index in [0.29, 0.717) is 0 Å². The SMILES string of the molecule is c1cc2c3c4c1CCc1ccc(c(c1CC4)CC3)CC2. The first kappa shape index (κ1) is 11.1. The number of benzene rings is 2. The molecule has 0 amide bonds. The molecule has 0 saturated carbocycles. The first-order valence-electron chi connectivity index (χ1n) is 8.15. The first-order chi connectivity index (χ1) is 9.90. The number of aryl methyl sites for hydroxylation is 4. The topological polar surface area (TPSA) is 0 Å². The van der Waals surface area contributed by atoms with Crippen LogP contribution in [-0.4, -0.2) is 0 Å². The normalized spacial score (nSPS) is 18.4. The molecule has 0 atom stereocenters. The van der Waals surface area contributed by atoms with Crippen LogP contribution in [0.2, 0.25) is 0 Å². The Kier molecular flexibility index (Phi) is 2.21. The summed E-state index contributed by atoms with van der Waals surface area (Å²) in [6.45, 7) is 0. The molecule has 0 spiro atoms. The zero-order valence-electron chi connectivity index (χ0n) is 12.0. The molecule has 100 valence electrons. The van der Waals surface area contributed by atoms with E-state index in [-0.39, 0.29) is 0 Å². The molecule has 2 aromatic rings. The van der Waals surface area contributed by atoms with Crippen molar-refractivity contribution in [3.63, 3.8) is 0 Å². The zero-order chi connectivity index (χ0) is 13.1. The van der Waals surface area contributed by atoms with Crippen molar-refractivity contribution < 1.29 is 0 Å². The van der Waals surface area contributed by atoms with Crippen molar-refractivity contribution in [1.82, 2.24) is 0 Å². The van der Waals surface area contributed by atoms with Crippen molar-refractivity contribution in [1.29, 1.82) is 0 Å². The smallest absolute Gasteiger partial charge is 0.0232 e. The molecule has 0 saturated heterocycles. The lowest BCUT2D eigenvalue weighted by Gasteiger charge is -2.30. The molecule has 0 N–H and O–H groups in total. The third-order valence-corrected chi connectivity index (χ3v) is 5.83. The Balaban J connectivity index is 1.88. The van der Waals surface area contributed by atoms with E-state index in [1.54, 1.807) is 44.5 Å². The van der Waals surface area contributed by atoms with Gasteiger partial charge in [-0.25, -0.2) is 0 Å². The van der Waals surface area contributed by atoms with Crippen molar-refractivity contribution in [2.75, 3.05) is 0 Å². The monoisotopic (exact) mass is 260 g/mol. The second kappa shape index (κ2) is 3.97. The molecule has 3 aliphatic rings. The van der Waals surface area contributed by atoms with Crippen LogP contribution in [0.4, 0.5) is 0 Å². The minimum Gasteiger partial charge on any atom is -0.0585 e. The van der Waals surface area contributed by atoms with Crippen molar-refractivity contribution in [2.24, 2.45) is 0 Å². The number of hydrogen-bond donors (Lipinski definition) is 0. The third-order valence-electron chi connectivity index (χ3n) is 5.83. The molecule has 3 aliphatic carbocycles. The molecule has 5 rings (SSSR count). The van der Waals surface area contributed by atoms with Crippen LogP contribution in [0.15, 0.2) is 24.3 Å². The summed E-state index contributed by atoms with van der Waals surface area (Å²) < 4.78 is 0. The largest absolute Gasteiger partial charge is 0.0585 e. The van der Waals surface area contributed by atoms with Gasteiger partial charge in [-0.3, -0.25) is 0 Å². The Labute approximate surface area is 120 Å². The van der Waals surface area contributed by atoms with Crippen LogP contribution in [0.5, 0.6) is 0 Å². The molecule has 0 heterocycles. The number of rotatable bonds is 0. The molecule has 4 bridgehead atoms. The fraction of sp³-hybridized carbons (Fsp3) is 0.400. The van der Waals surface area contributed by atoms with Gasteiger partial charge in [-0.2, -0.15) is 0 Å². The molecule has 0 heteroatoms. The van der Waals surface area contributed by atoms with Gasteiger partial charge >= 0.3 is 0 Å². The highest BCUT2D eigenvalue weighted by Gasteiger charge is 2.24. The summed E-state index contributed by atoms with van der Waals surface area (Å²) in [4.78, 5) is 0. The van der Waals surface area contributed by atoms with E-state index < -0.39 is 0 Å². The van der Waals surface area contributed by atoms with Crippen molar-refractivity contribution in [3.05, 3.63) is 68.8 Å². The van der Waals surface area contributed by atoms with Gasteiger partial charge < -0.3 is 0 Å². The van der Waals surface area contributed by atoms with Gasteiger partial charge in [-0.1, -0.05) is 24.3 Å². The van der Waals surface area contributed by atoms with E-state index >= 15 is 0 Å². The predicted molar refractivity (Wildman–Crippen MR) is 82.5 cm³/mol. The van der Waals surface area contributed by atoms with E-state index in [0.717, 1.165) is 0 Å². The Morgan fingerprint density at radius 3 is 0.850 bits per heavy atom. The first-order valence-corrected chi connectivity index (χ1v) is 8.15. The average molecular weight is 260 g/mol. The quantitative estimate of drug-likeness (QED) is 0.676. The summed E-state index contributed by atoms with van der Waals surface area (Å²) in [5.41, 5.74) is 13.5. The van der Waals surface area contributed by atoms with Crippen molar-refractivity contribution in [3.8, 4) is 0 Å². The number of fused-ring (bicyclic) bond motifs is 2. The highest BCUT2D eigenvalue weighted by molar-refractivity contribution is 5.51. The van der Waals surface area contributed by atoms with Crippen LogP contribution in [-0.2, 0) is 51.4 Å². The van der Waals surface area contributed by atoms with E-state index in [2.05, 4.69) is 24.3 Å². The van der Waals surface area contributed by atoms with Gasteiger partial charge in [0.15, 0.2) is 0 Å². The standard InChI is InChI=1S/C20H20/c1-2-14-7-8-16-4-3-15-6-5-13(1)17-9-10-18(14)20(16)12-11-19(15)17/h5-8H,1-4,9-12H2. The maximum absolute atomic E-state index is 2.44. The van der Waals surface area contributed by atoms with Crippen LogP contribution in [0.25, 0.3) is 0 Å². The summed E-state index contributed by atoms with van der Waals surface area (Å²) in [5, 5.41) is 0.